The van der Waals surface area contributed by atoms with Gasteiger partial charge in [0.05, 0.1) is 12.6 Å². The molecule has 1 saturated heterocycles. The number of benzene rings is 2. The number of rotatable bonds is 4. The van der Waals surface area contributed by atoms with Gasteiger partial charge in [-0.3, -0.25) is 4.90 Å². The van der Waals surface area contributed by atoms with E-state index in [-0.39, 0.29) is 18.3 Å². The highest BCUT2D eigenvalue weighted by Crippen LogP contribution is 2.32. The number of anilines is 1. The molecule has 1 N–H and O–H groups in total. The minimum Gasteiger partial charge on any atom is -0.352 e. The lowest BCUT2D eigenvalue weighted by molar-refractivity contribution is 0.0887. The Hall–Kier alpha value is -2.59. The van der Waals surface area contributed by atoms with Crippen LogP contribution in [0.5, 0.6) is 0 Å². The van der Waals surface area contributed by atoms with Crippen LogP contribution >= 0.6 is 0 Å². The molecule has 1 fully saturated rings. The molecule has 0 spiro atoms. The summed E-state index contributed by atoms with van der Waals surface area (Å²) < 4.78 is 5.95. The first-order chi connectivity index (χ1) is 12.2. The maximum atomic E-state index is 13.0. The number of allylic oxidation sites excluding steroid dienone is 1. The van der Waals surface area contributed by atoms with Gasteiger partial charge in [-0.2, -0.15) is 0 Å². The summed E-state index contributed by atoms with van der Waals surface area (Å²) >= 11 is 0. The van der Waals surface area contributed by atoms with Gasteiger partial charge in [-0.05, 0) is 37.1 Å². The number of carbonyl (C=O) groups is 1. The fourth-order valence-electron chi connectivity index (χ4n) is 2.92. The minimum absolute atomic E-state index is 0.101. The molecule has 0 radical (unpaired) electrons. The van der Waals surface area contributed by atoms with Crippen molar-refractivity contribution in [3.8, 4) is 0 Å². The van der Waals surface area contributed by atoms with Crippen LogP contribution in [0.25, 0.3) is 0 Å². The molecule has 1 heterocycles. The molecule has 4 nitrogen and oxygen atoms in total. The third-order valence-corrected chi connectivity index (χ3v) is 4.46. The Morgan fingerprint density at radius 1 is 1.16 bits per heavy atom. The number of nitrogens with one attached hydrogen (secondary N) is 1. The van der Waals surface area contributed by atoms with Crippen LogP contribution < -0.4 is 5.32 Å². The molecule has 0 bridgehead atoms. The summed E-state index contributed by atoms with van der Waals surface area (Å²) in [5, 5.41) is 2.98. The van der Waals surface area contributed by atoms with Crippen molar-refractivity contribution in [2.75, 3.05) is 11.9 Å². The van der Waals surface area contributed by atoms with Crippen LogP contribution in [0.4, 0.5) is 10.5 Å². The first kappa shape index (κ1) is 17.2. The Kier molecular flexibility index (Phi) is 5.51. The predicted molar refractivity (Wildman–Crippen MR) is 100 cm³/mol. The van der Waals surface area contributed by atoms with Gasteiger partial charge >= 0.3 is 6.03 Å². The quantitative estimate of drug-likeness (QED) is 0.801. The van der Waals surface area contributed by atoms with Crippen LogP contribution in [-0.4, -0.2) is 23.8 Å². The number of carbonyl (C=O) groups excluding carboxylic acids is 1. The van der Waals surface area contributed by atoms with Crippen molar-refractivity contribution in [2.24, 2.45) is 0 Å². The van der Waals surface area contributed by atoms with Gasteiger partial charge in [0.15, 0.2) is 6.23 Å². The Labute approximate surface area is 149 Å². The Morgan fingerprint density at radius 2 is 1.80 bits per heavy atom. The van der Waals surface area contributed by atoms with E-state index < -0.39 is 0 Å². The summed E-state index contributed by atoms with van der Waals surface area (Å²) in [7, 11) is 0. The summed E-state index contributed by atoms with van der Waals surface area (Å²) in [6.45, 7) is 4.65. The highest BCUT2D eigenvalue weighted by molar-refractivity contribution is 5.90. The van der Waals surface area contributed by atoms with Crippen LogP contribution in [0.2, 0.25) is 0 Å². The molecule has 3 rings (SSSR count). The van der Waals surface area contributed by atoms with E-state index in [1.54, 1.807) is 4.90 Å². The van der Waals surface area contributed by atoms with Crippen molar-refractivity contribution in [2.45, 2.75) is 32.5 Å². The zero-order valence-corrected chi connectivity index (χ0v) is 14.7. The third kappa shape index (κ3) is 4.09. The number of urea groups is 1. The zero-order valence-electron chi connectivity index (χ0n) is 14.7. The molecule has 0 aromatic heterocycles. The fraction of sp³-hybridized carbons (Fsp3) is 0.286. The molecule has 0 unspecified atom stereocenters. The number of hydrogen-bond acceptors (Lipinski definition) is 2. The lowest BCUT2D eigenvalue weighted by atomic mass is 10.1. The Balaban J connectivity index is 1.87. The van der Waals surface area contributed by atoms with Crippen LogP contribution in [0.15, 0.2) is 72.3 Å². The zero-order chi connectivity index (χ0) is 17.6. The van der Waals surface area contributed by atoms with E-state index in [0.717, 1.165) is 17.7 Å². The number of amides is 2. The van der Waals surface area contributed by atoms with Gasteiger partial charge in [-0.1, -0.05) is 61.0 Å². The van der Waals surface area contributed by atoms with Crippen molar-refractivity contribution >= 4 is 11.7 Å². The fourth-order valence-corrected chi connectivity index (χ4v) is 2.92. The van der Waals surface area contributed by atoms with Crippen LogP contribution in [-0.2, 0) is 4.74 Å². The second-order valence-electron chi connectivity index (χ2n) is 6.22. The first-order valence-electron chi connectivity index (χ1n) is 8.67. The van der Waals surface area contributed by atoms with E-state index in [1.165, 1.54) is 5.57 Å². The maximum Gasteiger partial charge on any atom is 0.324 e. The van der Waals surface area contributed by atoms with Gasteiger partial charge in [0.2, 0.25) is 0 Å². The monoisotopic (exact) mass is 336 g/mol. The first-order valence-corrected chi connectivity index (χ1v) is 8.67. The van der Waals surface area contributed by atoms with Gasteiger partial charge in [-0.15, -0.1) is 0 Å². The van der Waals surface area contributed by atoms with Crippen molar-refractivity contribution in [3.63, 3.8) is 0 Å². The van der Waals surface area contributed by atoms with Gasteiger partial charge < -0.3 is 10.1 Å². The molecule has 0 aliphatic carbocycles. The number of hydrogen-bond donors (Lipinski definition) is 1. The van der Waals surface area contributed by atoms with E-state index in [2.05, 4.69) is 19.2 Å². The van der Waals surface area contributed by atoms with Crippen molar-refractivity contribution in [3.05, 3.63) is 77.9 Å². The average molecular weight is 336 g/mol. The summed E-state index contributed by atoms with van der Waals surface area (Å²) in [6, 6.07) is 19.3. The molecule has 1 aliphatic rings. The van der Waals surface area contributed by atoms with Gasteiger partial charge in [0.1, 0.15) is 0 Å². The van der Waals surface area contributed by atoms with E-state index >= 15 is 0 Å². The highest BCUT2D eigenvalue weighted by atomic mass is 16.5. The summed E-state index contributed by atoms with van der Waals surface area (Å²) in [4.78, 5) is 14.8. The lowest BCUT2D eigenvalue weighted by Gasteiger charge is -2.27. The van der Waals surface area contributed by atoms with E-state index in [1.807, 2.05) is 66.7 Å². The number of para-hydroxylation sites is 1. The van der Waals surface area contributed by atoms with E-state index in [4.69, 9.17) is 4.74 Å². The molecule has 2 aromatic rings. The summed E-state index contributed by atoms with van der Waals surface area (Å²) in [5.74, 6) is 0. The van der Waals surface area contributed by atoms with E-state index in [9.17, 15) is 4.79 Å². The van der Waals surface area contributed by atoms with Crippen LogP contribution in [0.3, 0.4) is 0 Å². The molecular formula is C21H24N2O2. The summed E-state index contributed by atoms with van der Waals surface area (Å²) in [5.41, 5.74) is 3.06. The van der Waals surface area contributed by atoms with Crippen molar-refractivity contribution in [1.82, 2.24) is 4.90 Å². The van der Waals surface area contributed by atoms with Crippen molar-refractivity contribution in [1.29, 1.82) is 0 Å². The molecule has 25 heavy (non-hydrogen) atoms. The predicted octanol–water partition coefficient (Wildman–Crippen LogP) is 4.97. The average Bonchev–Trinajstić information content (AvgIpc) is 3.06. The second-order valence-corrected chi connectivity index (χ2v) is 6.22. The molecule has 4 heteroatoms. The SMILES string of the molecule is CC/C(C)=C/[C@@H]1OC[C@H](c2ccccc2)N1C(=O)Nc1ccccc1. The summed E-state index contributed by atoms with van der Waals surface area (Å²) in [6.07, 6.45) is 2.62. The molecule has 1 aliphatic heterocycles. The van der Waals surface area contributed by atoms with E-state index in [0.29, 0.717) is 6.61 Å². The number of ether oxygens (including phenoxy) is 1. The molecule has 0 saturated carbocycles. The Bertz CT molecular complexity index is 728. The molecule has 130 valence electrons. The standard InChI is InChI=1S/C21H24N2O2/c1-3-16(2)14-20-23(21(24)22-18-12-8-5-9-13-18)19(15-25-20)17-10-6-4-7-11-17/h4-14,19-20H,3,15H2,1-2H3,(H,22,24)/b16-14+/t19-,20+/m1/s1. The number of nitrogens with zero attached hydrogens (tertiary/aromatic N) is 1. The molecule has 2 aromatic carbocycles. The van der Waals surface area contributed by atoms with Crippen molar-refractivity contribution < 1.29 is 9.53 Å². The second kappa shape index (κ2) is 7.99. The topological polar surface area (TPSA) is 41.6 Å². The molecule has 2 amide bonds. The normalized spacial score (nSPS) is 20.6. The smallest absolute Gasteiger partial charge is 0.324 e. The largest absolute Gasteiger partial charge is 0.352 e. The van der Waals surface area contributed by atoms with Crippen LogP contribution in [0, 0.1) is 0 Å². The van der Waals surface area contributed by atoms with Gasteiger partial charge in [0.25, 0.3) is 0 Å². The third-order valence-electron chi connectivity index (χ3n) is 4.46. The highest BCUT2D eigenvalue weighted by Gasteiger charge is 2.37. The lowest BCUT2D eigenvalue weighted by Crippen LogP contribution is -2.40. The van der Waals surface area contributed by atoms with Gasteiger partial charge in [-0.25, -0.2) is 4.79 Å². The molecular weight excluding hydrogens is 312 g/mol. The Morgan fingerprint density at radius 3 is 2.44 bits per heavy atom. The van der Waals surface area contributed by atoms with Gasteiger partial charge in [0, 0.05) is 5.69 Å². The molecule has 2 atom stereocenters. The minimum atomic E-state index is -0.353. The van der Waals surface area contributed by atoms with Crippen LogP contribution in [0.1, 0.15) is 31.9 Å². The maximum absolute atomic E-state index is 13.0.